The van der Waals surface area contributed by atoms with Crippen LogP contribution in [0.2, 0.25) is 0 Å². The number of carbonyl (C=O) groups excluding carboxylic acids is 1. The van der Waals surface area contributed by atoms with E-state index < -0.39 is 11.2 Å². The van der Waals surface area contributed by atoms with Crippen molar-refractivity contribution in [1.82, 2.24) is 0 Å². The lowest BCUT2D eigenvalue weighted by Gasteiger charge is -2.08. The number of carboxylic acids is 1. The maximum Gasteiger partial charge on any atom is 0.316 e. The number of thioether (sulfide) groups is 1. The first-order valence-corrected chi connectivity index (χ1v) is 7.37. The van der Waals surface area contributed by atoms with Gasteiger partial charge in [0.15, 0.2) is 0 Å². The van der Waals surface area contributed by atoms with Gasteiger partial charge in [-0.05, 0) is 49.4 Å². The summed E-state index contributed by atoms with van der Waals surface area (Å²) >= 11 is 1.13. The van der Waals surface area contributed by atoms with E-state index in [2.05, 4.69) is 11.4 Å². The van der Waals surface area contributed by atoms with Crippen molar-refractivity contribution in [3.63, 3.8) is 0 Å². The Morgan fingerprint density at radius 3 is 2.84 bits per heavy atom. The Hall–Kier alpha value is -1.49. The average molecular weight is 279 g/mol. The Morgan fingerprint density at radius 1 is 1.37 bits per heavy atom. The molecule has 0 spiro atoms. The summed E-state index contributed by atoms with van der Waals surface area (Å²) in [4.78, 5) is 22.4. The number of aryl methyl sites for hydroxylation is 2. The molecule has 1 amide bonds. The number of fused-ring (bicyclic) bond motifs is 1. The first-order chi connectivity index (χ1) is 9.06. The topological polar surface area (TPSA) is 66.4 Å². The van der Waals surface area contributed by atoms with Gasteiger partial charge in [-0.15, -0.1) is 11.8 Å². The second-order valence-electron chi connectivity index (χ2n) is 4.68. The minimum atomic E-state index is -0.893. The number of amides is 1. The molecule has 0 bridgehead atoms. The quantitative estimate of drug-likeness (QED) is 0.868. The van der Waals surface area contributed by atoms with Crippen molar-refractivity contribution >= 4 is 29.3 Å². The van der Waals surface area contributed by atoms with Crippen LogP contribution >= 0.6 is 11.8 Å². The summed E-state index contributed by atoms with van der Waals surface area (Å²) in [6.07, 6.45) is 3.37. The van der Waals surface area contributed by atoms with Crippen LogP contribution in [0.25, 0.3) is 0 Å². The Bertz CT molecular complexity index is 501. The molecule has 1 aliphatic carbocycles. The number of hydrogen-bond acceptors (Lipinski definition) is 3. The van der Waals surface area contributed by atoms with E-state index in [4.69, 9.17) is 5.11 Å². The predicted molar refractivity (Wildman–Crippen MR) is 76.7 cm³/mol. The Kier molecular flexibility index (Phi) is 4.47. The molecule has 0 heterocycles. The van der Waals surface area contributed by atoms with Gasteiger partial charge in [0.2, 0.25) is 5.91 Å². The normalized spacial score (nSPS) is 14.8. The zero-order valence-corrected chi connectivity index (χ0v) is 11.6. The van der Waals surface area contributed by atoms with E-state index in [0.717, 1.165) is 30.3 Å². The molecule has 2 rings (SSSR count). The molecule has 1 aromatic carbocycles. The third-order valence-electron chi connectivity index (χ3n) is 3.19. The van der Waals surface area contributed by atoms with Gasteiger partial charge in [-0.2, -0.15) is 0 Å². The van der Waals surface area contributed by atoms with Crippen LogP contribution < -0.4 is 5.32 Å². The van der Waals surface area contributed by atoms with Gasteiger partial charge in [0.25, 0.3) is 0 Å². The van der Waals surface area contributed by atoms with Crippen molar-refractivity contribution in [3.05, 3.63) is 29.3 Å². The van der Waals surface area contributed by atoms with Gasteiger partial charge < -0.3 is 10.4 Å². The molecule has 0 saturated carbocycles. The lowest BCUT2D eigenvalue weighted by atomic mass is 10.1. The number of aliphatic carboxylic acids is 1. The van der Waals surface area contributed by atoms with Gasteiger partial charge in [-0.1, -0.05) is 6.07 Å². The second kappa shape index (κ2) is 6.10. The van der Waals surface area contributed by atoms with Crippen molar-refractivity contribution in [2.75, 3.05) is 11.1 Å². The van der Waals surface area contributed by atoms with Gasteiger partial charge in [-0.25, -0.2) is 0 Å². The number of benzene rings is 1. The number of nitrogens with one attached hydrogen (secondary N) is 1. The summed E-state index contributed by atoms with van der Waals surface area (Å²) < 4.78 is 0. The highest BCUT2D eigenvalue weighted by atomic mass is 32.2. The summed E-state index contributed by atoms with van der Waals surface area (Å²) in [5, 5.41) is 11.0. The monoisotopic (exact) mass is 279 g/mol. The molecule has 1 unspecified atom stereocenters. The SMILES string of the molecule is CC(SCC(=O)Nc1ccc2c(c1)CCC2)C(=O)O. The van der Waals surface area contributed by atoms with Crippen LogP contribution in [0.15, 0.2) is 18.2 Å². The summed E-state index contributed by atoms with van der Waals surface area (Å²) in [7, 11) is 0. The Morgan fingerprint density at radius 2 is 2.11 bits per heavy atom. The molecule has 2 N–H and O–H groups in total. The molecule has 102 valence electrons. The van der Waals surface area contributed by atoms with Crippen molar-refractivity contribution in [3.8, 4) is 0 Å². The highest BCUT2D eigenvalue weighted by Crippen LogP contribution is 2.25. The van der Waals surface area contributed by atoms with Crippen LogP contribution in [0.1, 0.15) is 24.5 Å². The fourth-order valence-electron chi connectivity index (χ4n) is 2.12. The fourth-order valence-corrected chi connectivity index (χ4v) is 2.73. The van der Waals surface area contributed by atoms with E-state index in [0.29, 0.717) is 0 Å². The maximum absolute atomic E-state index is 11.7. The van der Waals surface area contributed by atoms with Crippen molar-refractivity contribution in [2.45, 2.75) is 31.4 Å². The van der Waals surface area contributed by atoms with Crippen LogP contribution in [0, 0.1) is 0 Å². The summed E-state index contributed by atoms with van der Waals surface area (Å²) in [5.74, 6) is -0.892. The molecule has 1 atom stereocenters. The van der Waals surface area contributed by atoms with E-state index in [1.54, 1.807) is 6.92 Å². The molecule has 4 nitrogen and oxygen atoms in total. The van der Waals surface area contributed by atoms with Gasteiger partial charge in [0.1, 0.15) is 0 Å². The highest BCUT2D eigenvalue weighted by molar-refractivity contribution is 8.01. The van der Waals surface area contributed by atoms with Gasteiger partial charge >= 0.3 is 5.97 Å². The fraction of sp³-hybridized carbons (Fsp3) is 0.429. The number of rotatable bonds is 5. The van der Waals surface area contributed by atoms with E-state index in [9.17, 15) is 9.59 Å². The molecule has 0 fully saturated rings. The zero-order valence-electron chi connectivity index (χ0n) is 10.8. The molecule has 1 aromatic rings. The molecule has 0 saturated heterocycles. The largest absolute Gasteiger partial charge is 0.480 e. The minimum absolute atomic E-state index is 0.156. The van der Waals surface area contributed by atoms with Gasteiger partial charge in [0, 0.05) is 5.69 Å². The zero-order chi connectivity index (χ0) is 13.8. The van der Waals surface area contributed by atoms with E-state index in [-0.39, 0.29) is 11.7 Å². The van der Waals surface area contributed by atoms with Crippen LogP contribution in [-0.4, -0.2) is 28.0 Å². The van der Waals surface area contributed by atoms with Crippen LogP contribution in [0.4, 0.5) is 5.69 Å². The maximum atomic E-state index is 11.7. The first-order valence-electron chi connectivity index (χ1n) is 6.32. The van der Waals surface area contributed by atoms with Gasteiger partial charge in [0.05, 0.1) is 11.0 Å². The van der Waals surface area contributed by atoms with Crippen LogP contribution in [0.3, 0.4) is 0 Å². The van der Waals surface area contributed by atoms with Gasteiger partial charge in [-0.3, -0.25) is 9.59 Å². The summed E-state index contributed by atoms with van der Waals surface area (Å²) in [6, 6.07) is 5.99. The van der Waals surface area contributed by atoms with E-state index in [1.165, 1.54) is 17.5 Å². The molecule has 5 heteroatoms. The molecular weight excluding hydrogens is 262 g/mol. The molecular formula is C14H17NO3S. The third kappa shape index (κ3) is 3.73. The Labute approximate surface area is 116 Å². The number of hydrogen-bond donors (Lipinski definition) is 2. The highest BCUT2D eigenvalue weighted by Gasteiger charge is 2.15. The molecule has 19 heavy (non-hydrogen) atoms. The van der Waals surface area contributed by atoms with E-state index >= 15 is 0 Å². The number of carboxylic acid groups (broad SMARTS) is 1. The van der Waals surface area contributed by atoms with Crippen molar-refractivity contribution < 1.29 is 14.7 Å². The lowest BCUT2D eigenvalue weighted by Crippen LogP contribution is -2.19. The van der Waals surface area contributed by atoms with Crippen LogP contribution in [-0.2, 0) is 22.4 Å². The molecule has 0 aromatic heterocycles. The number of anilines is 1. The second-order valence-corrected chi connectivity index (χ2v) is 6.01. The molecule has 0 radical (unpaired) electrons. The lowest BCUT2D eigenvalue weighted by molar-refractivity contribution is -0.136. The summed E-state index contributed by atoms with van der Waals surface area (Å²) in [5.41, 5.74) is 3.48. The molecule has 0 aliphatic heterocycles. The van der Waals surface area contributed by atoms with E-state index in [1.807, 2.05) is 12.1 Å². The summed E-state index contributed by atoms with van der Waals surface area (Å²) in [6.45, 7) is 1.58. The first kappa shape index (κ1) is 13.9. The predicted octanol–water partition coefficient (Wildman–Crippen LogP) is 2.32. The molecule has 1 aliphatic rings. The van der Waals surface area contributed by atoms with Crippen LogP contribution in [0.5, 0.6) is 0 Å². The third-order valence-corrected chi connectivity index (χ3v) is 4.32. The number of carbonyl (C=O) groups is 2. The standard InChI is InChI=1S/C14H17NO3S/c1-9(14(17)18)19-8-13(16)15-12-6-5-10-3-2-4-11(10)7-12/h5-7,9H,2-4,8H2,1H3,(H,15,16)(H,17,18). The average Bonchev–Trinajstić information content (AvgIpc) is 2.83. The smallest absolute Gasteiger partial charge is 0.316 e. The van der Waals surface area contributed by atoms with Crippen molar-refractivity contribution in [1.29, 1.82) is 0 Å². The Balaban J connectivity index is 1.87. The minimum Gasteiger partial charge on any atom is -0.480 e. The van der Waals surface area contributed by atoms with Crippen molar-refractivity contribution in [2.24, 2.45) is 0 Å².